The lowest BCUT2D eigenvalue weighted by molar-refractivity contribution is -0.125. The first kappa shape index (κ1) is 37.6. The lowest BCUT2D eigenvalue weighted by Crippen LogP contribution is -2.39. The molecule has 1 saturated heterocycles. The van der Waals surface area contributed by atoms with E-state index in [1.807, 2.05) is 39.0 Å². The molecule has 2 aliphatic heterocycles. The first-order chi connectivity index (χ1) is 25.4. The molecule has 0 spiro atoms. The summed E-state index contributed by atoms with van der Waals surface area (Å²) in [5.74, 6) is -0.982. The van der Waals surface area contributed by atoms with Crippen LogP contribution in [0.3, 0.4) is 0 Å². The highest BCUT2D eigenvalue weighted by Crippen LogP contribution is 2.41. The van der Waals surface area contributed by atoms with Crippen molar-refractivity contribution in [1.29, 1.82) is 0 Å². The van der Waals surface area contributed by atoms with Crippen molar-refractivity contribution in [3.63, 3.8) is 0 Å². The molecule has 12 nitrogen and oxygen atoms in total. The smallest absolute Gasteiger partial charge is 0.410 e. The van der Waals surface area contributed by atoms with Crippen LogP contribution < -0.4 is 10.1 Å². The number of nitrogens with one attached hydrogen (secondary N) is 1. The van der Waals surface area contributed by atoms with Gasteiger partial charge in [-0.3, -0.25) is 4.79 Å². The van der Waals surface area contributed by atoms with Crippen LogP contribution in [0.15, 0.2) is 54.4 Å². The Kier molecular flexibility index (Phi) is 11.5. The minimum atomic E-state index is -0.603. The van der Waals surface area contributed by atoms with E-state index in [2.05, 4.69) is 22.1 Å². The van der Waals surface area contributed by atoms with Gasteiger partial charge in [0.1, 0.15) is 47.1 Å². The molecular formula is C38H41F2N5O7S. The van der Waals surface area contributed by atoms with E-state index in [-0.39, 0.29) is 50.2 Å². The Bertz CT molecular complexity index is 2020. The molecule has 1 N–H and O–H groups in total. The SMILES string of the molecule is C=CC(=O)N1CC[C@H](OC(=O)NCCOCCOc2cc(F)ccc2-c2nnc(-c3ccc4c(c3)CCN(C(=O)OC(C)(C)C)C4)c3c(F)csc23)C1. The highest BCUT2D eigenvalue weighted by atomic mass is 32.1. The van der Waals surface area contributed by atoms with Crippen LogP contribution in [-0.2, 0) is 32.0 Å². The number of hydrogen-bond donors (Lipinski definition) is 1. The number of benzene rings is 2. The number of rotatable bonds is 11. The van der Waals surface area contributed by atoms with Gasteiger partial charge in [0, 0.05) is 55.2 Å². The standard InChI is InChI=1S/C38H41F2N5O7S/c1-5-31(46)44-14-11-27(21-44)51-36(47)41-12-15-49-16-17-50-30-19-26(39)8-9-28(30)34-35-32(29(40)22-53-35)33(42-43-34)24-6-7-25-20-45(13-10-23(25)18-24)37(48)52-38(2,3)4/h5-9,18-19,22,27H,1,10-17,20-21H2,2-4H3,(H,41,47)/t27-/m0/s1. The van der Waals surface area contributed by atoms with E-state index < -0.39 is 23.3 Å². The van der Waals surface area contributed by atoms with E-state index in [9.17, 15) is 18.8 Å². The van der Waals surface area contributed by atoms with Gasteiger partial charge in [0.25, 0.3) is 0 Å². The van der Waals surface area contributed by atoms with Crippen molar-refractivity contribution in [1.82, 2.24) is 25.3 Å². The van der Waals surface area contributed by atoms with E-state index in [4.69, 9.17) is 18.9 Å². The third kappa shape index (κ3) is 9.08. The van der Waals surface area contributed by atoms with Crippen molar-refractivity contribution in [3.8, 4) is 28.3 Å². The molecular weight excluding hydrogens is 709 g/mol. The molecule has 2 aromatic carbocycles. The molecule has 0 aliphatic carbocycles. The zero-order valence-corrected chi connectivity index (χ0v) is 30.6. The van der Waals surface area contributed by atoms with Gasteiger partial charge >= 0.3 is 12.2 Å². The Morgan fingerprint density at radius 3 is 2.62 bits per heavy atom. The van der Waals surface area contributed by atoms with Gasteiger partial charge in [-0.15, -0.1) is 21.5 Å². The third-order valence-corrected chi connectivity index (χ3v) is 9.65. The van der Waals surface area contributed by atoms with Crippen LogP contribution >= 0.6 is 11.3 Å². The molecule has 0 saturated carbocycles. The predicted octanol–water partition coefficient (Wildman–Crippen LogP) is 6.51. The lowest BCUT2D eigenvalue weighted by Gasteiger charge is -2.31. The second-order valence-corrected chi connectivity index (χ2v) is 14.5. The number of thiophene rings is 1. The van der Waals surface area contributed by atoms with Crippen molar-refractivity contribution < 1.29 is 42.1 Å². The number of carbonyl (C=O) groups excluding carboxylic acids is 3. The van der Waals surface area contributed by atoms with Crippen LogP contribution in [0.4, 0.5) is 18.4 Å². The Balaban J connectivity index is 1.07. The van der Waals surface area contributed by atoms with Crippen LogP contribution in [0.5, 0.6) is 5.75 Å². The van der Waals surface area contributed by atoms with E-state index in [0.29, 0.717) is 71.6 Å². The molecule has 280 valence electrons. The largest absolute Gasteiger partial charge is 0.490 e. The first-order valence-electron chi connectivity index (χ1n) is 17.3. The molecule has 53 heavy (non-hydrogen) atoms. The molecule has 1 fully saturated rings. The number of likely N-dealkylation sites (tertiary alicyclic amines) is 1. The summed E-state index contributed by atoms with van der Waals surface area (Å²) >= 11 is 1.17. The number of ether oxygens (including phenoxy) is 4. The lowest BCUT2D eigenvalue weighted by atomic mass is 9.95. The second-order valence-electron chi connectivity index (χ2n) is 13.7. The van der Waals surface area contributed by atoms with Crippen LogP contribution in [0.2, 0.25) is 0 Å². The van der Waals surface area contributed by atoms with Gasteiger partial charge < -0.3 is 34.1 Å². The predicted molar refractivity (Wildman–Crippen MR) is 195 cm³/mol. The molecule has 2 aliphatic rings. The Morgan fingerprint density at radius 2 is 1.83 bits per heavy atom. The quantitative estimate of drug-likeness (QED) is 0.135. The molecule has 15 heteroatoms. The number of carbonyl (C=O) groups is 3. The van der Waals surface area contributed by atoms with Gasteiger partial charge in [0.05, 0.1) is 29.8 Å². The van der Waals surface area contributed by atoms with E-state index in [0.717, 1.165) is 11.1 Å². The van der Waals surface area contributed by atoms with Crippen molar-refractivity contribution >= 4 is 39.5 Å². The number of amides is 3. The molecule has 3 amide bonds. The summed E-state index contributed by atoms with van der Waals surface area (Å²) in [5.41, 5.74) is 3.27. The van der Waals surface area contributed by atoms with Crippen molar-refractivity contribution in [3.05, 3.63) is 77.2 Å². The summed E-state index contributed by atoms with van der Waals surface area (Å²) in [5, 5.41) is 13.3. The van der Waals surface area contributed by atoms with Crippen molar-refractivity contribution in [2.24, 2.45) is 0 Å². The Labute approximate surface area is 309 Å². The van der Waals surface area contributed by atoms with Gasteiger partial charge in [0.15, 0.2) is 0 Å². The maximum Gasteiger partial charge on any atom is 0.410 e. The van der Waals surface area contributed by atoms with Crippen LogP contribution in [0, 0.1) is 11.6 Å². The van der Waals surface area contributed by atoms with Gasteiger partial charge in [-0.1, -0.05) is 18.7 Å². The van der Waals surface area contributed by atoms with Crippen molar-refractivity contribution in [2.75, 3.05) is 46.0 Å². The average molecular weight is 750 g/mol. The maximum atomic E-state index is 15.5. The molecule has 2 aromatic heterocycles. The number of aromatic nitrogens is 2. The van der Waals surface area contributed by atoms with Gasteiger partial charge in [-0.05, 0) is 62.6 Å². The first-order valence-corrected chi connectivity index (χ1v) is 18.2. The normalized spacial score (nSPS) is 15.6. The van der Waals surface area contributed by atoms with Crippen LogP contribution in [-0.4, -0.2) is 95.8 Å². The fraction of sp³-hybridized carbons (Fsp3) is 0.395. The van der Waals surface area contributed by atoms with Gasteiger partial charge in [-0.2, -0.15) is 0 Å². The molecule has 6 rings (SSSR count). The van der Waals surface area contributed by atoms with E-state index in [1.54, 1.807) is 9.80 Å². The van der Waals surface area contributed by atoms with Gasteiger partial charge in [0.2, 0.25) is 5.91 Å². The summed E-state index contributed by atoms with van der Waals surface area (Å²) in [6.07, 6.45) is 1.04. The van der Waals surface area contributed by atoms with Crippen LogP contribution in [0.1, 0.15) is 38.3 Å². The summed E-state index contributed by atoms with van der Waals surface area (Å²) in [4.78, 5) is 39.7. The summed E-state index contributed by atoms with van der Waals surface area (Å²) in [6.45, 7) is 11.2. The number of fused-ring (bicyclic) bond motifs is 2. The monoisotopic (exact) mass is 749 g/mol. The van der Waals surface area contributed by atoms with E-state index >= 15 is 4.39 Å². The highest BCUT2D eigenvalue weighted by molar-refractivity contribution is 7.17. The minimum Gasteiger partial charge on any atom is -0.490 e. The topological polar surface area (TPSA) is 132 Å². The summed E-state index contributed by atoms with van der Waals surface area (Å²) in [7, 11) is 0. The highest BCUT2D eigenvalue weighted by Gasteiger charge is 2.29. The Morgan fingerprint density at radius 1 is 1.02 bits per heavy atom. The van der Waals surface area contributed by atoms with E-state index in [1.165, 1.54) is 41.0 Å². The number of nitrogens with zero attached hydrogens (tertiary/aromatic N) is 4. The number of alkyl carbamates (subject to hydrolysis) is 1. The van der Waals surface area contributed by atoms with Gasteiger partial charge in [-0.25, -0.2) is 18.4 Å². The molecule has 4 aromatic rings. The summed E-state index contributed by atoms with van der Waals surface area (Å²) < 4.78 is 52.8. The minimum absolute atomic E-state index is 0.0596. The van der Waals surface area contributed by atoms with Crippen molar-refractivity contribution in [2.45, 2.75) is 51.9 Å². The zero-order valence-electron chi connectivity index (χ0n) is 29.8. The third-order valence-electron chi connectivity index (χ3n) is 8.70. The maximum absolute atomic E-state index is 15.5. The molecule has 0 radical (unpaired) electrons. The zero-order chi connectivity index (χ0) is 37.7. The molecule has 1 atom stereocenters. The molecule has 0 unspecified atom stereocenters. The molecule has 4 heterocycles. The fourth-order valence-electron chi connectivity index (χ4n) is 6.18. The number of hydrogen-bond acceptors (Lipinski definition) is 10. The Hall–Kier alpha value is -5.15. The number of halogens is 2. The average Bonchev–Trinajstić information content (AvgIpc) is 3.76. The van der Waals surface area contributed by atoms with Crippen LogP contribution in [0.25, 0.3) is 32.6 Å². The fourth-order valence-corrected chi connectivity index (χ4v) is 7.10. The summed E-state index contributed by atoms with van der Waals surface area (Å²) in [6, 6.07) is 9.76. The molecule has 0 bridgehead atoms. The second kappa shape index (κ2) is 16.3.